The summed E-state index contributed by atoms with van der Waals surface area (Å²) >= 11 is 2.93. The molecule has 6 heteroatoms. The number of carboxylic acids is 1. The molecule has 1 atom stereocenters. The van der Waals surface area contributed by atoms with E-state index < -0.39 is 29.1 Å². The zero-order chi connectivity index (χ0) is 10.9. The van der Waals surface area contributed by atoms with E-state index in [2.05, 4.69) is 15.9 Å². The quantitative estimate of drug-likeness (QED) is 0.753. The Bertz CT molecular complexity index is 383. The molecule has 4 nitrogen and oxygen atoms in total. The van der Waals surface area contributed by atoms with E-state index >= 15 is 0 Å². The summed E-state index contributed by atoms with van der Waals surface area (Å²) in [4.78, 5) is 10.5. The van der Waals surface area contributed by atoms with Crippen molar-refractivity contribution in [2.24, 2.45) is 5.73 Å². The molecule has 14 heavy (non-hydrogen) atoms. The number of halogens is 2. The normalized spacial score (nSPS) is 12.5. The summed E-state index contributed by atoms with van der Waals surface area (Å²) < 4.78 is 13.3. The van der Waals surface area contributed by atoms with Crippen molar-refractivity contribution in [2.75, 3.05) is 0 Å². The molecule has 0 saturated carbocycles. The summed E-state index contributed by atoms with van der Waals surface area (Å²) in [6, 6.07) is 0.720. The van der Waals surface area contributed by atoms with Gasteiger partial charge >= 0.3 is 5.97 Å². The van der Waals surface area contributed by atoms with Gasteiger partial charge in [-0.1, -0.05) is 0 Å². The minimum atomic E-state index is -1.58. The van der Waals surface area contributed by atoms with Crippen molar-refractivity contribution >= 4 is 21.9 Å². The molecule has 1 rings (SSSR count). The summed E-state index contributed by atoms with van der Waals surface area (Å²) in [5.41, 5.74) is 4.76. The standard InChI is InChI=1S/C8H7BrFNO3/c9-3-1-2-4(10)5(7(3)12)6(11)8(13)14/h1-2,6,12H,11H2,(H,13,14). The molecule has 0 aliphatic carbocycles. The first-order chi connectivity index (χ1) is 6.45. The van der Waals surface area contributed by atoms with Crippen LogP contribution in [-0.4, -0.2) is 16.2 Å². The Labute approximate surface area is 87.3 Å². The molecule has 0 bridgehead atoms. The molecule has 0 aliphatic heterocycles. The number of carboxylic acid groups (broad SMARTS) is 1. The molecule has 0 saturated heterocycles. The van der Waals surface area contributed by atoms with Gasteiger partial charge in [0, 0.05) is 0 Å². The lowest BCUT2D eigenvalue weighted by Crippen LogP contribution is -2.22. The Balaban J connectivity index is 3.32. The van der Waals surface area contributed by atoms with Crippen LogP contribution in [0.4, 0.5) is 4.39 Å². The number of nitrogens with two attached hydrogens (primary N) is 1. The Morgan fingerprint density at radius 3 is 2.64 bits per heavy atom. The maximum atomic E-state index is 13.1. The lowest BCUT2D eigenvalue weighted by Gasteiger charge is -2.11. The van der Waals surface area contributed by atoms with E-state index in [0.29, 0.717) is 0 Å². The van der Waals surface area contributed by atoms with Gasteiger partial charge in [0.15, 0.2) is 0 Å². The first kappa shape index (κ1) is 10.9. The first-order valence-corrected chi connectivity index (χ1v) is 4.39. The number of phenolic OH excluding ortho intramolecular Hbond substituents is 1. The minimum absolute atomic E-state index is 0.200. The number of aromatic hydroxyl groups is 1. The van der Waals surface area contributed by atoms with Gasteiger partial charge < -0.3 is 15.9 Å². The van der Waals surface area contributed by atoms with Gasteiger partial charge in [-0.15, -0.1) is 0 Å². The van der Waals surface area contributed by atoms with E-state index in [1.54, 1.807) is 0 Å². The fraction of sp³-hybridized carbons (Fsp3) is 0.125. The molecule has 0 spiro atoms. The Morgan fingerprint density at radius 2 is 2.14 bits per heavy atom. The van der Waals surface area contributed by atoms with Crippen LogP contribution in [0.1, 0.15) is 11.6 Å². The Morgan fingerprint density at radius 1 is 1.57 bits per heavy atom. The largest absolute Gasteiger partial charge is 0.506 e. The number of hydrogen-bond donors (Lipinski definition) is 3. The van der Waals surface area contributed by atoms with E-state index in [0.717, 1.165) is 6.07 Å². The molecule has 1 aromatic carbocycles. The summed E-state index contributed by atoms with van der Waals surface area (Å²) in [6.45, 7) is 0. The van der Waals surface area contributed by atoms with Crippen molar-refractivity contribution in [1.29, 1.82) is 0 Å². The van der Waals surface area contributed by atoms with Gasteiger partial charge in [-0.25, -0.2) is 4.39 Å². The van der Waals surface area contributed by atoms with Gasteiger partial charge in [-0.3, -0.25) is 4.79 Å². The van der Waals surface area contributed by atoms with E-state index in [1.165, 1.54) is 6.07 Å². The molecule has 1 unspecified atom stereocenters. The molecule has 4 N–H and O–H groups in total. The van der Waals surface area contributed by atoms with E-state index in [9.17, 15) is 14.3 Å². The molecule has 0 radical (unpaired) electrons. The SMILES string of the molecule is NC(C(=O)O)c1c(F)ccc(Br)c1O. The van der Waals surface area contributed by atoms with E-state index in [4.69, 9.17) is 10.8 Å². The summed E-state index contributed by atoms with van der Waals surface area (Å²) in [7, 11) is 0. The van der Waals surface area contributed by atoms with E-state index in [1.807, 2.05) is 0 Å². The van der Waals surface area contributed by atoms with Crippen LogP contribution in [0.25, 0.3) is 0 Å². The molecule has 0 fully saturated rings. The highest BCUT2D eigenvalue weighted by atomic mass is 79.9. The third-order valence-electron chi connectivity index (χ3n) is 1.69. The van der Waals surface area contributed by atoms with Crippen LogP contribution in [0.2, 0.25) is 0 Å². The van der Waals surface area contributed by atoms with Crippen LogP contribution in [0.5, 0.6) is 5.75 Å². The van der Waals surface area contributed by atoms with Crippen LogP contribution >= 0.6 is 15.9 Å². The van der Waals surface area contributed by atoms with Gasteiger partial charge in [0.1, 0.15) is 17.6 Å². The van der Waals surface area contributed by atoms with Crippen LogP contribution < -0.4 is 5.73 Å². The lowest BCUT2D eigenvalue weighted by atomic mass is 10.1. The zero-order valence-corrected chi connectivity index (χ0v) is 8.45. The van der Waals surface area contributed by atoms with Crippen molar-refractivity contribution in [3.8, 4) is 5.75 Å². The van der Waals surface area contributed by atoms with Crippen LogP contribution in [-0.2, 0) is 4.79 Å². The fourth-order valence-electron chi connectivity index (χ4n) is 0.976. The topological polar surface area (TPSA) is 83.6 Å². The highest BCUT2D eigenvalue weighted by molar-refractivity contribution is 9.10. The van der Waals surface area contributed by atoms with Crippen molar-refractivity contribution in [1.82, 2.24) is 0 Å². The van der Waals surface area contributed by atoms with Crippen molar-refractivity contribution in [2.45, 2.75) is 6.04 Å². The van der Waals surface area contributed by atoms with Crippen LogP contribution in [0, 0.1) is 5.82 Å². The molecule has 0 aromatic heterocycles. The molecular weight excluding hydrogens is 257 g/mol. The predicted octanol–water partition coefficient (Wildman–Crippen LogP) is 1.38. The molecule has 0 heterocycles. The van der Waals surface area contributed by atoms with Crippen molar-refractivity contribution < 1.29 is 19.4 Å². The minimum Gasteiger partial charge on any atom is -0.506 e. The number of hydrogen-bond acceptors (Lipinski definition) is 3. The third-order valence-corrected chi connectivity index (χ3v) is 2.33. The van der Waals surface area contributed by atoms with Crippen LogP contribution in [0.15, 0.2) is 16.6 Å². The number of rotatable bonds is 2. The Hall–Kier alpha value is -1.14. The zero-order valence-electron chi connectivity index (χ0n) is 6.87. The second kappa shape index (κ2) is 3.93. The second-order valence-corrected chi connectivity index (χ2v) is 3.46. The maximum absolute atomic E-state index is 13.1. The van der Waals surface area contributed by atoms with Gasteiger partial charge in [-0.2, -0.15) is 0 Å². The fourth-order valence-corrected chi connectivity index (χ4v) is 1.32. The van der Waals surface area contributed by atoms with Crippen LogP contribution in [0.3, 0.4) is 0 Å². The summed E-state index contributed by atoms with van der Waals surface area (Å²) in [5.74, 6) is -2.74. The number of carbonyl (C=O) groups is 1. The highest BCUT2D eigenvalue weighted by Crippen LogP contribution is 2.33. The molecule has 76 valence electrons. The predicted molar refractivity (Wildman–Crippen MR) is 50.3 cm³/mol. The summed E-state index contributed by atoms with van der Waals surface area (Å²) in [5, 5.41) is 17.9. The van der Waals surface area contributed by atoms with Crippen molar-refractivity contribution in [3.63, 3.8) is 0 Å². The first-order valence-electron chi connectivity index (χ1n) is 3.60. The lowest BCUT2D eigenvalue weighted by molar-refractivity contribution is -0.138. The monoisotopic (exact) mass is 263 g/mol. The molecule has 0 amide bonds. The van der Waals surface area contributed by atoms with Gasteiger partial charge in [0.2, 0.25) is 0 Å². The smallest absolute Gasteiger partial charge is 0.325 e. The van der Waals surface area contributed by atoms with Crippen molar-refractivity contribution in [3.05, 3.63) is 28.0 Å². The average molecular weight is 264 g/mol. The van der Waals surface area contributed by atoms with Gasteiger partial charge in [0.25, 0.3) is 0 Å². The number of aliphatic carboxylic acids is 1. The molecule has 0 aliphatic rings. The number of phenols is 1. The van der Waals surface area contributed by atoms with Gasteiger partial charge in [0.05, 0.1) is 10.0 Å². The third kappa shape index (κ3) is 1.85. The average Bonchev–Trinajstić information content (AvgIpc) is 2.12. The molecular formula is C8H7BrFNO3. The second-order valence-electron chi connectivity index (χ2n) is 2.61. The van der Waals surface area contributed by atoms with E-state index in [-0.39, 0.29) is 4.47 Å². The maximum Gasteiger partial charge on any atom is 0.325 e. The number of benzene rings is 1. The van der Waals surface area contributed by atoms with Gasteiger partial charge in [-0.05, 0) is 28.1 Å². The Kier molecular flexibility index (Phi) is 3.07. The summed E-state index contributed by atoms with van der Waals surface area (Å²) in [6.07, 6.45) is 0. The highest BCUT2D eigenvalue weighted by Gasteiger charge is 2.23. The molecule has 1 aromatic rings.